The first-order valence-electron chi connectivity index (χ1n) is 11.7. The van der Waals surface area contributed by atoms with E-state index in [1.54, 1.807) is 53.1 Å². The summed E-state index contributed by atoms with van der Waals surface area (Å²) in [5, 5.41) is -0.333. The molecule has 0 radical (unpaired) electrons. The Kier molecular flexibility index (Phi) is 8.56. The Hall–Kier alpha value is -3.43. The van der Waals surface area contributed by atoms with Crippen molar-refractivity contribution in [2.75, 3.05) is 41.9 Å². The quantitative estimate of drug-likeness (QED) is 0.228. The zero-order chi connectivity index (χ0) is 25.5. The number of aryl methyl sites for hydroxylation is 1. The number of morpholine rings is 1. The van der Waals surface area contributed by atoms with Crippen LogP contribution in [-0.2, 0) is 9.53 Å². The highest BCUT2D eigenvalue weighted by atomic mass is 32.2. The van der Waals surface area contributed by atoms with Gasteiger partial charge in [0.15, 0.2) is 0 Å². The van der Waals surface area contributed by atoms with Crippen molar-refractivity contribution >= 4 is 35.6 Å². The van der Waals surface area contributed by atoms with Crippen molar-refractivity contribution in [3.05, 3.63) is 83.3 Å². The van der Waals surface area contributed by atoms with Crippen LogP contribution in [0.25, 0.3) is 0 Å². The van der Waals surface area contributed by atoms with Gasteiger partial charge in [0.2, 0.25) is 6.41 Å². The highest BCUT2D eigenvalue weighted by molar-refractivity contribution is 7.99. The van der Waals surface area contributed by atoms with Gasteiger partial charge >= 0.3 is 5.97 Å². The maximum absolute atomic E-state index is 13.4. The van der Waals surface area contributed by atoms with Gasteiger partial charge in [-0.1, -0.05) is 19.1 Å². The number of nitrogens with zero attached hydrogens (tertiary/aromatic N) is 3. The Labute approximate surface area is 214 Å². The first-order valence-corrected chi connectivity index (χ1v) is 12.8. The molecule has 1 fully saturated rings. The number of hydrogen-bond donors (Lipinski definition) is 0. The zero-order valence-electron chi connectivity index (χ0n) is 20.2. The van der Waals surface area contributed by atoms with Gasteiger partial charge in [-0.3, -0.25) is 9.69 Å². The predicted octanol–water partition coefficient (Wildman–Crippen LogP) is 5.00. The van der Waals surface area contributed by atoms with Crippen molar-refractivity contribution in [2.45, 2.75) is 19.2 Å². The number of pyridine rings is 1. The van der Waals surface area contributed by atoms with Gasteiger partial charge in [0.1, 0.15) is 22.8 Å². The number of carbonyl (C=O) groups excluding carboxylic acids is 2. The second-order valence-electron chi connectivity index (χ2n) is 8.21. The lowest BCUT2D eigenvalue weighted by Gasteiger charge is -2.29. The van der Waals surface area contributed by atoms with Crippen LogP contribution >= 0.6 is 11.8 Å². The maximum Gasteiger partial charge on any atom is 0.343 e. The van der Waals surface area contributed by atoms with Crippen molar-refractivity contribution in [1.29, 1.82) is 0 Å². The number of carbonyl (C=O) groups is 2. The van der Waals surface area contributed by atoms with E-state index in [-0.39, 0.29) is 11.2 Å². The number of ether oxygens (including phenoxy) is 2. The van der Waals surface area contributed by atoms with Crippen molar-refractivity contribution < 1.29 is 23.5 Å². The van der Waals surface area contributed by atoms with E-state index >= 15 is 0 Å². The van der Waals surface area contributed by atoms with Gasteiger partial charge in [0.25, 0.3) is 0 Å². The molecule has 1 aliphatic rings. The molecule has 1 amide bonds. The van der Waals surface area contributed by atoms with Crippen LogP contribution in [0.2, 0.25) is 0 Å². The molecule has 1 atom stereocenters. The van der Waals surface area contributed by atoms with E-state index < -0.39 is 5.97 Å². The minimum absolute atomic E-state index is 0.332. The van der Waals surface area contributed by atoms with Gasteiger partial charge in [-0.25, -0.2) is 14.2 Å². The lowest BCUT2D eigenvalue weighted by molar-refractivity contribution is -0.107. The molecular formula is C27H28FN3O4S. The molecule has 188 valence electrons. The Bertz CT molecular complexity index is 1180. The summed E-state index contributed by atoms with van der Waals surface area (Å²) in [7, 11) is 0. The summed E-state index contributed by atoms with van der Waals surface area (Å²) >= 11 is 1.56. The van der Waals surface area contributed by atoms with Crippen LogP contribution in [0.3, 0.4) is 0 Å². The van der Waals surface area contributed by atoms with Gasteiger partial charge in [0, 0.05) is 18.8 Å². The minimum atomic E-state index is -0.513. The van der Waals surface area contributed by atoms with Gasteiger partial charge in [-0.05, 0) is 66.3 Å². The van der Waals surface area contributed by atoms with Gasteiger partial charge in [0.05, 0.1) is 25.0 Å². The Morgan fingerprint density at radius 1 is 1.19 bits per heavy atom. The third-order valence-electron chi connectivity index (χ3n) is 5.82. The average molecular weight is 510 g/mol. The normalized spacial score (nSPS) is 14.2. The predicted molar refractivity (Wildman–Crippen MR) is 139 cm³/mol. The lowest BCUT2D eigenvalue weighted by Crippen LogP contribution is -2.36. The largest absolute Gasteiger partial charge is 0.421 e. The van der Waals surface area contributed by atoms with Crippen LogP contribution < -0.4 is 14.5 Å². The molecule has 0 N–H and O–H groups in total. The molecule has 4 rings (SSSR count). The van der Waals surface area contributed by atoms with Crippen LogP contribution in [0.4, 0.5) is 15.9 Å². The van der Waals surface area contributed by atoms with Gasteiger partial charge in [-0.15, -0.1) is 11.8 Å². The second-order valence-corrected chi connectivity index (χ2v) is 9.57. The summed E-state index contributed by atoms with van der Waals surface area (Å²) in [6.07, 6.45) is 2.30. The number of benzene rings is 2. The monoisotopic (exact) mass is 509 g/mol. The van der Waals surface area contributed by atoms with E-state index in [0.717, 1.165) is 42.2 Å². The minimum Gasteiger partial charge on any atom is -0.421 e. The molecule has 1 aliphatic heterocycles. The van der Waals surface area contributed by atoms with Crippen molar-refractivity contribution in [1.82, 2.24) is 4.98 Å². The number of aromatic nitrogens is 1. The van der Waals surface area contributed by atoms with E-state index in [2.05, 4.69) is 9.88 Å². The Morgan fingerprint density at radius 3 is 2.56 bits per heavy atom. The van der Waals surface area contributed by atoms with Gasteiger partial charge < -0.3 is 14.4 Å². The SMILES string of the molecule is CCSC(c1ccc(F)cc1)N(C=O)c1ccc(C(=O)Oc2ccc(N3CCOCC3)nc2)cc1C. The summed E-state index contributed by atoms with van der Waals surface area (Å²) in [6, 6.07) is 14.7. The van der Waals surface area contributed by atoms with E-state index in [1.165, 1.54) is 18.3 Å². The van der Waals surface area contributed by atoms with Crippen LogP contribution in [-0.4, -0.2) is 49.4 Å². The number of anilines is 2. The molecule has 9 heteroatoms. The first kappa shape index (κ1) is 25.7. The zero-order valence-corrected chi connectivity index (χ0v) is 21.0. The summed E-state index contributed by atoms with van der Waals surface area (Å²) in [4.78, 5) is 33.1. The molecule has 0 saturated carbocycles. The molecule has 0 aliphatic carbocycles. The van der Waals surface area contributed by atoms with Crippen LogP contribution in [0.15, 0.2) is 60.8 Å². The highest BCUT2D eigenvalue weighted by Gasteiger charge is 2.23. The van der Waals surface area contributed by atoms with E-state index in [1.807, 2.05) is 19.9 Å². The molecule has 0 bridgehead atoms. The van der Waals surface area contributed by atoms with Crippen molar-refractivity contribution in [3.8, 4) is 5.75 Å². The van der Waals surface area contributed by atoms with Crippen molar-refractivity contribution in [2.24, 2.45) is 0 Å². The summed E-state index contributed by atoms with van der Waals surface area (Å²) in [5.74, 6) is 1.08. The highest BCUT2D eigenvalue weighted by Crippen LogP contribution is 2.37. The fourth-order valence-electron chi connectivity index (χ4n) is 4.01. The molecule has 0 spiro atoms. The number of rotatable bonds is 9. The smallest absolute Gasteiger partial charge is 0.343 e. The maximum atomic E-state index is 13.4. The number of thioether (sulfide) groups is 1. The van der Waals surface area contributed by atoms with Crippen LogP contribution in [0.1, 0.15) is 33.8 Å². The Balaban J connectivity index is 1.49. The van der Waals surface area contributed by atoms with Crippen LogP contribution in [0.5, 0.6) is 5.75 Å². The fraction of sp³-hybridized carbons (Fsp3) is 0.296. The Morgan fingerprint density at radius 2 is 1.94 bits per heavy atom. The molecule has 3 aromatic rings. The first-order chi connectivity index (χ1) is 17.5. The fourth-order valence-corrected chi connectivity index (χ4v) is 5.00. The lowest BCUT2D eigenvalue weighted by atomic mass is 10.1. The molecule has 1 unspecified atom stereocenters. The molecule has 2 heterocycles. The molecule has 7 nitrogen and oxygen atoms in total. The topological polar surface area (TPSA) is 72.0 Å². The standard InChI is InChI=1S/C27H28FN3O4S/c1-3-36-26(20-4-7-22(28)8-5-20)31(18-32)24-10-6-21(16-19(24)2)27(33)35-23-9-11-25(29-17-23)30-12-14-34-15-13-30/h4-11,16-18,26H,3,12-15H2,1-2H3. The molecule has 1 aromatic heterocycles. The third kappa shape index (κ3) is 6.03. The summed E-state index contributed by atoms with van der Waals surface area (Å²) in [5.41, 5.74) is 2.57. The molecular weight excluding hydrogens is 481 g/mol. The number of hydrogen-bond acceptors (Lipinski definition) is 7. The summed E-state index contributed by atoms with van der Waals surface area (Å²) in [6.45, 7) is 6.70. The number of amides is 1. The third-order valence-corrected chi connectivity index (χ3v) is 6.97. The molecule has 36 heavy (non-hydrogen) atoms. The second kappa shape index (κ2) is 12.0. The number of halogens is 1. The number of esters is 1. The average Bonchev–Trinajstić information content (AvgIpc) is 2.91. The molecule has 1 saturated heterocycles. The van der Waals surface area contributed by atoms with Crippen LogP contribution in [0, 0.1) is 12.7 Å². The van der Waals surface area contributed by atoms with E-state index in [9.17, 15) is 14.0 Å². The molecule has 2 aromatic carbocycles. The summed E-state index contributed by atoms with van der Waals surface area (Å²) < 4.78 is 24.3. The van der Waals surface area contributed by atoms with Gasteiger partial charge in [-0.2, -0.15) is 0 Å². The van der Waals surface area contributed by atoms with E-state index in [4.69, 9.17) is 9.47 Å². The van der Waals surface area contributed by atoms with Crippen molar-refractivity contribution in [3.63, 3.8) is 0 Å². The van der Waals surface area contributed by atoms with E-state index in [0.29, 0.717) is 30.2 Å².